The third-order valence-electron chi connectivity index (χ3n) is 2.07. The summed E-state index contributed by atoms with van der Waals surface area (Å²) < 4.78 is 13.4. The van der Waals surface area contributed by atoms with Gasteiger partial charge in [0.1, 0.15) is 11.5 Å². The van der Waals surface area contributed by atoms with E-state index in [2.05, 4.69) is 22.9 Å². The zero-order valence-corrected chi connectivity index (χ0v) is 10.6. The molecule has 5 heteroatoms. The fourth-order valence-corrected chi connectivity index (χ4v) is 1.97. The molecule has 0 amide bonds. The fourth-order valence-electron chi connectivity index (χ4n) is 1.35. The van der Waals surface area contributed by atoms with Crippen LogP contribution in [0, 0.1) is 0 Å². The van der Waals surface area contributed by atoms with Crippen molar-refractivity contribution in [1.29, 1.82) is 0 Å². The second kappa shape index (κ2) is 4.49. The second-order valence-corrected chi connectivity index (χ2v) is 4.50. The Bertz CT molecular complexity index is 373. The van der Waals surface area contributed by atoms with Gasteiger partial charge in [0.15, 0.2) is 6.73 Å². The Hall–Kier alpha value is -0.610. The van der Waals surface area contributed by atoms with Gasteiger partial charge < -0.3 is 9.47 Å². The zero-order valence-electron chi connectivity index (χ0n) is 8.30. The quantitative estimate of drug-likeness (QED) is 0.795. The molecule has 2 rings (SSSR count). The molecule has 82 valence electrons. The van der Waals surface area contributed by atoms with Crippen molar-refractivity contribution in [2.24, 2.45) is 0 Å². The van der Waals surface area contributed by atoms with Gasteiger partial charge in [-0.1, -0.05) is 6.92 Å². The van der Waals surface area contributed by atoms with Gasteiger partial charge in [0.05, 0.1) is 16.8 Å². The highest BCUT2D eigenvalue weighted by atomic mass is 79.9. The maximum Gasteiger partial charge on any atom is 0.176 e. The van der Waals surface area contributed by atoms with E-state index in [0.717, 1.165) is 28.1 Å². The molecule has 15 heavy (non-hydrogen) atoms. The van der Waals surface area contributed by atoms with Crippen molar-refractivity contribution < 1.29 is 9.47 Å². The summed E-state index contributed by atoms with van der Waals surface area (Å²) in [6.07, 6.45) is 0.978. The standard InChI is InChI=1S/C10H11BrClNO2/c1-2-3-14-9-5-10-8(4-7(9)11)13(12)6-15-10/h4-5H,2-3,6H2,1H3. The molecule has 1 aliphatic rings. The number of nitrogens with zero attached hydrogens (tertiary/aromatic N) is 1. The van der Waals surface area contributed by atoms with Gasteiger partial charge in [0, 0.05) is 17.8 Å². The highest BCUT2D eigenvalue weighted by molar-refractivity contribution is 9.10. The van der Waals surface area contributed by atoms with E-state index in [1.165, 1.54) is 4.42 Å². The second-order valence-electron chi connectivity index (χ2n) is 3.23. The van der Waals surface area contributed by atoms with Crippen molar-refractivity contribution in [2.75, 3.05) is 17.8 Å². The van der Waals surface area contributed by atoms with E-state index in [4.69, 9.17) is 21.3 Å². The molecule has 0 aliphatic carbocycles. The van der Waals surface area contributed by atoms with Crippen LogP contribution in [0.3, 0.4) is 0 Å². The fraction of sp³-hybridized carbons (Fsp3) is 0.400. The molecule has 3 nitrogen and oxygen atoms in total. The van der Waals surface area contributed by atoms with Gasteiger partial charge in [0.25, 0.3) is 0 Å². The van der Waals surface area contributed by atoms with Crippen molar-refractivity contribution in [3.8, 4) is 11.5 Å². The highest BCUT2D eigenvalue weighted by Crippen LogP contribution is 2.42. The van der Waals surface area contributed by atoms with E-state index >= 15 is 0 Å². The van der Waals surface area contributed by atoms with Crippen LogP contribution in [0.15, 0.2) is 16.6 Å². The molecular weight excluding hydrogens is 281 g/mol. The zero-order chi connectivity index (χ0) is 10.8. The van der Waals surface area contributed by atoms with E-state index in [-0.39, 0.29) is 0 Å². The number of ether oxygens (including phenoxy) is 2. The molecule has 0 unspecified atom stereocenters. The van der Waals surface area contributed by atoms with Gasteiger partial charge in [-0.15, -0.1) is 0 Å². The number of fused-ring (bicyclic) bond motifs is 1. The van der Waals surface area contributed by atoms with Crippen LogP contribution in [0.5, 0.6) is 11.5 Å². The van der Waals surface area contributed by atoms with Crippen molar-refractivity contribution in [3.63, 3.8) is 0 Å². The molecule has 1 aromatic rings. The lowest BCUT2D eigenvalue weighted by Crippen LogP contribution is -2.07. The summed E-state index contributed by atoms with van der Waals surface area (Å²) >= 11 is 9.36. The average molecular weight is 293 g/mol. The number of hydrogen-bond acceptors (Lipinski definition) is 3. The molecule has 0 N–H and O–H groups in total. The average Bonchev–Trinajstić information content (AvgIpc) is 2.57. The Labute approximate surface area is 102 Å². The van der Waals surface area contributed by atoms with Crippen LogP contribution < -0.4 is 13.9 Å². The lowest BCUT2D eigenvalue weighted by molar-refractivity contribution is 0.311. The van der Waals surface area contributed by atoms with Gasteiger partial charge in [-0.25, -0.2) is 4.42 Å². The molecule has 0 atom stereocenters. The molecule has 1 heterocycles. The van der Waals surface area contributed by atoms with E-state index in [9.17, 15) is 0 Å². The monoisotopic (exact) mass is 291 g/mol. The van der Waals surface area contributed by atoms with Crippen molar-refractivity contribution in [3.05, 3.63) is 16.6 Å². The summed E-state index contributed by atoms with van der Waals surface area (Å²) in [5, 5.41) is 0. The summed E-state index contributed by atoms with van der Waals surface area (Å²) in [7, 11) is 0. The number of rotatable bonds is 3. The molecular formula is C10H11BrClNO2. The number of benzene rings is 1. The Kier molecular flexibility index (Phi) is 3.26. The molecule has 0 bridgehead atoms. The summed E-state index contributed by atoms with van der Waals surface area (Å²) in [6.45, 7) is 3.14. The summed E-state index contributed by atoms with van der Waals surface area (Å²) in [6, 6.07) is 3.76. The molecule has 0 radical (unpaired) electrons. The lowest BCUT2D eigenvalue weighted by atomic mass is 10.3. The summed E-state index contributed by atoms with van der Waals surface area (Å²) in [5.74, 6) is 1.56. The number of hydrogen-bond donors (Lipinski definition) is 0. The third kappa shape index (κ3) is 2.16. The van der Waals surface area contributed by atoms with Crippen LogP contribution in [0.2, 0.25) is 0 Å². The largest absolute Gasteiger partial charge is 0.492 e. The molecule has 0 aromatic heterocycles. The first-order valence-electron chi connectivity index (χ1n) is 4.75. The molecule has 1 aromatic carbocycles. The highest BCUT2D eigenvalue weighted by Gasteiger charge is 2.21. The first kappa shape index (κ1) is 10.9. The van der Waals surface area contributed by atoms with Gasteiger partial charge in [-0.3, -0.25) is 0 Å². The smallest absolute Gasteiger partial charge is 0.176 e. The maximum atomic E-state index is 5.92. The Morgan fingerprint density at radius 2 is 2.40 bits per heavy atom. The predicted molar refractivity (Wildman–Crippen MR) is 63.8 cm³/mol. The molecule has 0 saturated heterocycles. The van der Waals surface area contributed by atoms with Gasteiger partial charge in [-0.2, -0.15) is 0 Å². The minimum absolute atomic E-state index is 0.376. The van der Waals surface area contributed by atoms with Gasteiger partial charge in [0.2, 0.25) is 0 Å². The van der Waals surface area contributed by atoms with Crippen molar-refractivity contribution in [1.82, 2.24) is 0 Å². The van der Waals surface area contributed by atoms with Gasteiger partial charge >= 0.3 is 0 Å². The van der Waals surface area contributed by atoms with Crippen LogP contribution in [0.1, 0.15) is 13.3 Å². The van der Waals surface area contributed by atoms with Crippen LogP contribution in [0.4, 0.5) is 5.69 Å². The molecule has 0 saturated carbocycles. The number of halogens is 2. The van der Waals surface area contributed by atoms with Crippen LogP contribution in [0.25, 0.3) is 0 Å². The molecule has 0 spiro atoms. The SMILES string of the molecule is CCCOc1cc2c(cc1Br)N(Cl)CO2. The molecule has 1 aliphatic heterocycles. The van der Waals surface area contributed by atoms with Crippen molar-refractivity contribution in [2.45, 2.75) is 13.3 Å². The maximum absolute atomic E-state index is 5.92. The Balaban J connectivity index is 2.27. The Morgan fingerprint density at radius 3 is 3.13 bits per heavy atom. The lowest BCUT2D eigenvalue weighted by Gasteiger charge is -2.09. The third-order valence-corrected chi connectivity index (χ3v) is 2.97. The summed E-state index contributed by atoms with van der Waals surface area (Å²) in [5.41, 5.74) is 0.868. The normalized spacial score (nSPS) is 13.7. The van der Waals surface area contributed by atoms with Crippen LogP contribution in [-0.2, 0) is 0 Å². The van der Waals surface area contributed by atoms with Gasteiger partial charge in [-0.05, 0) is 28.4 Å². The first-order chi connectivity index (χ1) is 7.22. The summed E-state index contributed by atoms with van der Waals surface area (Å²) in [4.78, 5) is 0. The first-order valence-corrected chi connectivity index (χ1v) is 5.88. The molecule has 0 fully saturated rings. The predicted octanol–water partition coefficient (Wildman–Crippen LogP) is 3.55. The van der Waals surface area contributed by atoms with E-state index in [1.807, 2.05) is 12.1 Å². The van der Waals surface area contributed by atoms with Crippen LogP contribution in [-0.4, -0.2) is 13.3 Å². The minimum atomic E-state index is 0.376. The minimum Gasteiger partial charge on any atom is -0.492 e. The van der Waals surface area contributed by atoms with E-state index < -0.39 is 0 Å². The van der Waals surface area contributed by atoms with Crippen LogP contribution >= 0.6 is 27.7 Å². The van der Waals surface area contributed by atoms with Crippen molar-refractivity contribution >= 4 is 33.4 Å². The topological polar surface area (TPSA) is 21.7 Å². The Morgan fingerprint density at radius 1 is 1.60 bits per heavy atom. The number of anilines is 1. The van der Waals surface area contributed by atoms with E-state index in [0.29, 0.717) is 13.3 Å². The van der Waals surface area contributed by atoms with E-state index in [1.54, 1.807) is 0 Å².